The van der Waals surface area contributed by atoms with E-state index >= 15 is 0 Å². The van der Waals surface area contributed by atoms with Crippen LogP contribution in [0.2, 0.25) is 0 Å². The highest BCUT2D eigenvalue weighted by Gasteiger charge is 2.32. The van der Waals surface area contributed by atoms with Gasteiger partial charge in [-0.05, 0) is 56.5 Å². The second-order valence-electron chi connectivity index (χ2n) is 6.94. The van der Waals surface area contributed by atoms with Crippen molar-refractivity contribution in [3.8, 4) is 0 Å². The van der Waals surface area contributed by atoms with Crippen LogP contribution in [0.1, 0.15) is 38.8 Å². The summed E-state index contributed by atoms with van der Waals surface area (Å²) in [5.74, 6) is -0.257. The van der Waals surface area contributed by atoms with Gasteiger partial charge < -0.3 is 4.74 Å². The first-order valence-electron chi connectivity index (χ1n) is 7.77. The summed E-state index contributed by atoms with van der Waals surface area (Å²) < 4.78 is 43.3. The Morgan fingerprint density at radius 2 is 1.64 bits per heavy atom. The van der Waals surface area contributed by atoms with E-state index in [-0.39, 0.29) is 18.9 Å². The van der Waals surface area contributed by atoms with Crippen molar-refractivity contribution in [2.75, 3.05) is 13.1 Å². The summed E-state index contributed by atoms with van der Waals surface area (Å²) in [6, 6.07) is 4.56. The zero-order chi connectivity index (χ0) is 19.0. The van der Waals surface area contributed by atoms with Gasteiger partial charge >= 0.3 is 12.3 Å². The van der Waals surface area contributed by atoms with Gasteiger partial charge in [-0.25, -0.2) is 4.79 Å². The Morgan fingerprint density at radius 3 is 2.12 bits per heavy atom. The van der Waals surface area contributed by atoms with Crippen LogP contribution < -0.4 is 0 Å². The smallest absolute Gasteiger partial charge is 0.416 e. The number of nitrogens with zero attached hydrogens (tertiary/aromatic N) is 1. The summed E-state index contributed by atoms with van der Waals surface area (Å²) in [6.07, 6.45) is -5.05. The predicted molar refractivity (Wildman–Crippen MR) is 86.9 cm³/mol. The first-order chi connectivity index (χ1) is 11.4. The number of ketones is 1. The lowest BCUT2D eigenvalue weighted by Crippen LogP contribution is -2.43. The molecule has 1 aromatic carbocycles. The second kappa shape index (κ2) is 6.54. The SMILES string of the molecule is CC1=C(c2ccc(C(F)(F)F)cc2)CN(C(=O)OC(C)(C)C)CC1=O. The van der Waals surface area contributed by atoms with E-state index in [1.54, 1.807) is 27.7 Å². The van der Waals surface area contributed by atoms with Crippen molar-refractivity contribution in [2.45, 2.75) is 39.5 Å². The largest absolute Gasteiger partial charge is 0.444 e. The van der Waals surface area contributed by atoms with Gasteiger partial charge in [-0.3, -0.25) is 9.69 Å². The summed E-state index contributed by atoms with van der Waals surface area (Å²) in [4.78, 5) is 25.7. The molecule has 2 rings (SSSR count). The summed E-state index contributed by atoms with van der Waals surface area (Å²) in [5, 5.41) is 0. The third-order valence-corrected chi connectivity index (χ3v) is 3.77. The van der Waals surface area contributed by atoms with Crippen LogP contribution in [-0.2, 0) is 15.7 Å². The molecule has 7 heteroatoms. The summed E-state index contributed by atoms with van der Waals surface area (Å²) in [5.41, 5.74) is -0.0200. The van der Waals surface area contributed by atoms with Gasteiger partial charge in [0.15, 0.2) is 5.78 Å². The topological polar surface area (TPSA) is 46.6 Å². The number of benzene rings is 1. The number of carbonyl (C=O) groups is 2. The first-order valence-corrected chi connectivity index (χ1v) is 7.77. The molecule has 0 aromatic heterocycles. The molecular formula is C18H20F3NO3. The third kappa shape index (κ3) is 4.61. The van der Waals surface area contributed by atoms with Crippen molar-refractivity contribution in [2.24, 2.45) is 0 Å². The molecule has 0 unspecified atom stereocenters. The lowest BCUT2D eigenvalue weighted by Gasteiger charge is -2.31. The Hall–Kier alpha value is -2.31. The Labute approximate surface area is 144 Å². The van der Waals surface area contributed by atoms with Gasteiger partial charge in [0.25, 0.3) is 0 Å². The molecule has 0 fully saturated rings. The summed E-state index contributed by atoms with van der Waals surface area (Å²) in [7, 11) is 0. The first kappa shape index (κ1) is 19.0. The molecular weight excluding hydrogens is 335 g/mol. The second-order valence-corrected chi connectivity index (χ2v) is 6.94. The van der Waals surface area contributed by atoms with E-state index in [0.717, 1.165) is 12.1 Å². The fraction of sp³-hybridized carbons (Fsp3) is 0.444. The molecule has 25 heavy (non-hydrogen) atoms. The Kier molecular flexibility index (Phi) is 4.97. The van der Waals surface area contributed by atoms with E-state index in [4.69, 9.17) is 4.74 Å². The Morgan fingerprint density at radius 1 is 1.08 bits per heavy atom. The highest BCUT2D eigenvalue weighted by atomic mass is 19.4. The van der Waals surface area contributed by atoms with E-state index in [1.807, 2.05) is 0 Å². The van der Waals surface area contributed by atoms with E-state index in [0.29, 0.717) is 16.7 Å². The third-order valence-electron chi connectivity index (χ3n) is 3.77. The van der Waals surface area contributed by atoms with Crippen molar-refractivity contribution < 1.29 is 27.5 Å². The van der Waals surface area contributed by atoms with E-state index in [9.17, 15) is 22.8 Å². The number of rotatable bonds is 1. The van der Waals surface area contributed by atoms with Crippen LogP contribution >= 0.6 is 0 Å². The molecule has 0 atom stereocenters. The molecule has 136 valence electrons. The monoisotopic (exact) mass is 355 g/mol. The van der Waals surface area contributed by atoms with Crippen LogP contribution in [0.15, 0.2) is 29.8 Å². The Balaban J connectivity index is 2.28. The molecule has 1 amide bonds. The standard InChI is InChI=1S/C18H20F3NO3/c1-11-14(12-5-7-13(8-6-12)18(19,20)21)9-22(10-15(11)23)16(24)25-17(2,3)4/h5-8H,9-10H2,1-4H3. The average molecular weight is 355 g/mol. The predicted octanol–water partition coefficient (Wildman–Crippen LogP) is 4.30. The maximum Gasteiger partial charge on any atom is 0.416 e. The minimum Gasteiger partial charge on any atom is -0.444 e. The molecule has 1 aromatic rings. The quantitative estimate of drug-likeness (QED) is 0.755. The molecule has 0 aliphatic carbocycles. The minimum absolute atomic E-state index is 0.106. The normalized spacial score (nSPS) is 16.3. The van der Waals surface area contributed by atoms with Crippen molar-refractivity contribution >= 4 is 17.4 Å². The lowest BCUT2D eigenvalue weighted by molar-refractivity contribution is -0.137. The van der Waals surface area contributed by atoms with Crippen molar-refractivity contribution in [3.63, 3.8) is 0 Å². The van der Waals surface area contributed by atoms with Gasteiger partial charge in [-0.2, -0.15) is 13.2 Å². The molecule has 0 bridgehead atoms. The summed E-state index contributed by atoms with van der Waals surface area (Å²) >= 11 is 0. The average Bonchev–Trinajstić information content (AvgIpc) is 2.47. The van der Waals surface area contributed by atoms with Crippen molar-refractivity contribution in [1.29, 1.82) is 0 Å². The zero-order valence-electron chi connectivity index (χ0n) is 14.5. The van der Waals surface area contributed by atoms with Crippen LogP contribution in [0.25, 0.3) is 5.57 Å². The molecule has 0 radical (unpaired) electrons. The highest BCUT2D eigenvalue weighted by Crippen LogP contribution is 2.32. The van der Waals surface area contributed by atoms with Gasteiger partial charge in [-0.1, -0.05) is 12.1 Å². The van der Waals surface area contributed by atoms with Crippen LogP contribution in [0.3, 0.4) is 0 Å². The van der Waals surface area contributed by atoms with Gasteiger partial charge in [0.2, 0.25) is 0 Å². The van der Waals surface area contributed by atoms with Crippen LogP contribution in [0.5, 0.6) is 0 Å². The molecule has 4 nitrogen and oxygen atoms in total. The molecule has 1 aliphatic rings. The summed E-state index contributed by atoms with van der Waals surface area (Å²) in [6.45, 7) is 6.77. The molecule has 0 spiro atoms. The number of hydrogen-bond acceptors (Lipinski definition) is 3. The number of carbonyl (C=O) groups excluding carboxylic acids is 2. The van der Waals surface area contributed by atoms with E-state index < -0.39 is 23.4 Å². The molecule has 0 saturated carbocycles. The number of alkyl halides is 3. The minimum atomic E-state index is -4.42. The number of halogens is 3. The fourth-order valence-electron chi connectivity index (χ4n) is 2.45. The van der Waals surface area contributed by atoms with Gasteiger partial charge in [0.05, 0.1) is 18.7 Å². The molecule has 1 heterocycles. The van der Waals surface area contributed by atoms with E-state index in [1.165, 1.54) is 17.0 Å². The number of hydrogen-bond donors (Lipinski definition) is 0. The highest BCUT2D eigenvalue weighted by molar-refractivity contribution is 6.06. The number of ether oxygens (including phenoxy) is 1. The lowest BCUT2D eigenvalue weighted by atomic mass is 9.93. The maximum absolute atomic E-state index is 12.7. The van der Waals surface area contributed by atoms with Crippen molar-refractivity contribution in [1.82, 2.24) is 4.90 Å². The molecule has 0 N–H and O–H groups in total. The van der Waals surface area contributed by atoms with E-state index in [2.05, 4.69) is 0 Å². The maximum atomic E-state index is 12.7. The molecule has 0 saturated heterocycles. The van der Waals surface area contributed by atoms with Gasteiger partial charge in [-0.15, -0.1) is 0 Å². The van der Waals surface area contributed by atoms with Gasteiger partial charge in [0.1, 0.15) is 5.60 Å². The van der Waals surface area contributed by atoms with Gasteiger partial charge in [0, 0.05) is 0 Å². The Bertz CT molecular complexity index is 713. The van der Waals surface area contributed by atoms with Crippen LogP contribution in [0, 0.1) is 0 Å². The zero-order valence-corrected chi connectivity index (χ0v) is 14.5. The number of Topliss-reactive ketones (excluding diaryl/α,β-unsaturated/α-hetero) is 1. The molecule has 1 aliphatic heterocycles. The number of amides is 1. The van der Waals surface area contributed by atoms with Crippen molar-refractivity contribution in [3.05, 3.63) is 41.0 Å². The van der Waals surface area contributed by atoms with Crippen LogP contribution in [0.4, 0.5) is 18.0 Å². The fourth-order valence-corrected chi connectivity index (χ4v) is 2.45. The van der Waals surface area contributed by atoms with Crippen LogP contribution in [-0.4, -0.2) is 35.5 Å².